The van der Waals surface area contributed by atoms with Gasteiger partial charge in [0.1, 0.15) is 19.3 Å². The third-order valence-electron chi connectivity index (χ3n) is 17.3. The Balaban J connectivity index is 5.23. The van der Waals surface area contributed by atoms with Crippen LogP contribution in [0.5, 0.6) is 0 Å². The van der Waals surface area contributed by atoms with Crippen molar-refractivity contribution < 1.29 is 80.2 Å². The van der Waals surface area contributed by atoms with Crippen molar-refractivity contribution in [2.75, 3.05) is 39.6 Å². The molecule has 19 heteroatoms. The van der Waals surface area contributed by atoms with E-state index in [4.69, 9.17) is 37.0 Å². The Labute approximate surface area is 575 Å². The van der Waals surface area contributed by atoms with Gasteiger partial charge in [-0.3, -0.25) is 37.3 Å². The van der Waals surface area contributed by atoms with Crippen LogP contribution in [0.3, 0.4) is 0 Å². The molecule has 558 valence electrons. The molecule has 0 saturated heterocycles. The Morgan fingerprint density at radius 3 is 0.660 bits per heavy atom. The van der Waals surface area contributed by atoms with Crippen molar-refractivity contribution in [2.24, 2.45) is 23.7 Å². The molecule has 0 aromatic rings. The van der Waals surface area contributed by atoms with E-state index in [2.05, 4.69) is 55.4 Å². The monoisotopic (exact) mass is 1380 g/mol. The minimum atomic E-state index is -4.96. The number of aliphatic hydroxyl groups is 1. The number of hydrogen-bond acceptors (Lipinski definition) is 15. The SMILES string of the molecule is CC(C)CCCCCCCCCCCCCCCCC(=O)O[C@H](COC(=O)CCCCCCCCC(C)C)COP(=O)(O)OCC(O)COP(=O)(O)OC[C@@H](COC(=O)CCCCCCCCCCCCCC(C)C)OC(=O)CCCCCCCCCCCCCC(C)C. The fourth-order valence-electron chi connectivity index (χ4n) is 11.4. The van der Waals surface area contributed by atoms with E-state index >= 15 is 0 Å². The van der Waals surface area contributed by atoms with Gasteiger partial charge in [0.25, 0.3) is 0 Å². The predicted molar refractivity (Wildman–Crippen MR) is 381 cm³/mol. The van der Waals surface area contributed by atoms with E-state index in [0.29, 0.717) is 31.6 Å². The summed E-state index contributed by atoms with van der Waals surface area (Å²) >= 11 is 0. The number of aliphatic hydroxyl groups excluding tert-OH is 1. The molecule has 0 spiro atoms. The largest absolute Gasteiger partial charge is 0.472 e. The number of rotatable bonds is 72. The van der Waals surface area contributed by atoms with Gasteiger partial charge < -0.3 is 33.8 Å². The molecule has 0 aromatic carbocycles. The summed E-state index contributed by atoms with van der Waals surface area (Å²) in [5.41, 5.74) is 0. The molecule has 0 amide bonds. The van der Waals surface area contributed by atoms with E-state index < -0.39 is 97.5 Å². The van der Waals surface area contributed by atoms with E-state index in [1.807, 2.05) is 0 Å². The Bertz CT molecular complexity index is 1850. The second-order valence-electron chi connectivity index (χ2n) is 28.9. The van der Waals surface area contributed by atoms with E-state index in [9.17, 15) is 43.2 Å². The summed E-state index contributed by atoms with van der Waals surface area (Å²) in [6, 6.07) is 0. The summed E-state index contributed by atoms with van der Waals surface area (Å²) < 4.78 is 68.5. The van der Waals surface area contributed by atoms with E-state index in [1.54, 1.807) is 0 Å². The van der Waals surface area contributed by atoms with Crippen molar-refractivity contribution in [1.82, 2.24) is 0 Å². The summed E-state index contributed by atoms with van der Waals surface area (Å²) in [4.78, 5) is 72.7. The van der Waals surface area contributed by atoms with Gasteiger partial charge >= 0.3 is 39.5 Å². The zero-order chi connectivity index (χ0) is 69.6. The molecule has 0 radical (unpaired) electrons. The molecule has 0 aliphatic heterocycles. The molecule has 0 saturated carbocycles. The molecule has 0 bridgehead atoms. The first kappa shape index (κ1) is 92.1. The molecular formula is C75H146O17P2. The van der Waals surface area contributed by atoms with E-state index in [1.165, 1.54) is 173 Å². The van der Waals surface area contributed by atoms with Gasteiger partial charge in [0.05, 0.1) is 26.4 Å². The average molecular weight is 1380 g/mol. The Kier molecular flexibility index (Phi) is 63.1. The second-order valence-corrected chi connectivity index (χ2v) is 31.9. The van der Waals surface area contributed by atoms with E-state index in [0.717, 1.165) is 114 Å². The van der Waals surface area contributed by atoms with Crippen molar-refractivity contribution in [2.45, 2.75) is 395 Å². The van der Waals surface area contributed by atoms with Crippen molar-refractivity contribution in [3.63, 3.8) is 0 Å². The van der Waals surface area contributed by atoms with Crippen LogP contribution >= 0.6 is 15.6 Å². The van der Waals surface area contributed by atoms with Crippen LogP contribution in [0.15, 0.2) is 0 Å². The Morgan fingerprint density at radius 2 is 0.447 bits per heavy atom. The first-order valence-corrected chi connectivity index (χ1v) is 41.7. The van der Waals surface area contributed by atoms with Crippen LogP contribution in [0.4, 0.5) is 0 Å². The van der Waals surface area contributed by atoms with Crippen LogP contribution in [0.2, 0.25) is 0 Å². The highest BCUT2D eigenvalue weighted by Gasteiger charge is 2.30. The topological polar surface area (TPSA) is 237 Å². The van der Waals surface area contributed by atoms with Gasteiger partial charge in [-0.05, 0) is 49.4 Å². The lowest BCUT2D eigenvalue weighted by Gasteiger charge is -2.21. The lowest BCUT2D eigenvalue weighted by Crippen LogP contribution is -2.30. The normalized spacial score (nSPS) is 14.2. The van der Waals surface area contributed by atoms with Gasteiger partial charge in [-0.1, -0.05) is 325 Å². The third kappa shape index (κ3) is 68.6. The summed E-state index contributed by atoms with van der Waals surface area (Å²) in [5.74, 6) is 0.888. The number of unbranched alkanes of at least 4 members (excludes halogenated alkanes) is 38. The zero-order valence-electron chi connectivity index (χ0n) is 61.6. The Hall–Kier alpha value is -1.94. The number of carbonyl (C=O) groups is 4. The maximum atomic E-state index is 13.1. The van der Waals surface area contributed by atoms with Crippen LogP contribution in [0.25, 0.3) is 0 Å². The molecule has 0 heterocycles. The molecule has 17 nitrogen and oxygen atoms in total. The van der Waals surface area contributed by atoms with Crippen molar-refractivity contribution in [3.05, 3.63) is 0 Å². The van der Waals surface area contributed by atoms with Gasteiger partial charge in [0, 0.05) is 25.7 Å². The first-order valence-electron chi connectivity index (χ1n) is 38.7. The van der Waals surface area contributed by atoms with Crippen LogP contribution in [0.1, 0.15) is 376 Å². The number of hydrogen-bond donors (Lipinski definition) is 3. The summed E-state index contributed by atoms with van der Waals surface area (Å²) in [6.45, 7) is 14.1. The molecule has 0 rings (SSSR count). The van der Waals surface area contributed by atoms with Crippen LogP contribution < -0.4 is 0 Å². The standard InChI is InChI=1S/C75H146O17P2/c1-65(2)51-43-35-27-21-15-11-9-10-12-18-25-31-41-49-57-74(79)92-71(62-86-73(78)56-48-40-34-33-38-46-54-68(7)8)64-90-94(83,84)88-60-69(76)59-87-93(81,82)89-63-70(91-75(80)58-50-42-32-26-20-14-17-23-29-37-45-53-67(5)6)61-85-72(77)55-47-39-30-24-19-13-16-22-28-36-44-52-66(3)4/h65-71,76H,9-64H2,1-8H3,(H,81,82)(H,83,84)/t69?,70-,71-/m1/s1. The number of phosphoric acid groups is 2. The fraction of sp³-hybridized carbons (Fsp3) is 0.947. The maximum absolute atomic E-state index is 13.1. The summed E-state index contributed by atoms with van der Waals surface area (Å²) in [7, 11) is -9.91. The number of carbonyl (C=O) groups excluding carboxylic acids is 4. The molecule has 0 aromatic heterocycles. The third-order valence-corrected chi connectivity index (χ3v) is 19.2. The summed E-state index contributed by atoms with van der Waals surface area (Å²) in [6.07, 6.45) is 48.7. The van der Waals surface area contributed by atoms with Crippen molar-refractivity contribution >= 4 is 39.5 Å². The molecule has 3 unspecified atom stereocenters. The highest BCUT2D eigenvalue weighted by Crippen LogP contribution is 2.45. The maximum Gasteiger partial charge on any atom is 0.472 e. The predicted octanol–water partition coefficient (Wildman–Crippen LogP) is 21.7. The van der Waals surface area contributed by atoms with Gasteiger partial charge in [0.2, 0.25) is 0 Å². The first-order chi connectivity index (χ1) is 45.1. The zero-order valence-corrected chi connectivity index (χ0v) is 63.4. The number of ether oxygens (including phenoxy) is 4. The lowest BCUT2D eigenvalue weighted by atomic mass is 10.0. The van der Waals surface area contributed by atoms with Gasteiger partial charge in [-0.25, -0.2) is 9.13 Å². The van der Waals surface area contributed by atoms with Gasteiger partial charge in [-0.2, -0.15) is 0 Å². The smallest absolute Gasteiger partial charge is 0.462 e. The van der Waals surface area contributed by atoms with Crippen molar-refractivity contribution in [3.8, 4) is 0 Å². The molecule has 0 aliphatic carbocycles. The van der Waals surface area contributed by atoms with Crippen molar-refractivity contribution in [1.29, 1.82) is 0 Å². The quantitative estimate of drug-likeness (QED) is 0.0222. The van der Waals surface area contributed by atoms with Crippen LogP contribution in [-0.4, -0.2) is 96.7 Å². The molecule has 0 aliphatic rings. The molecular weight excluding hydrogens is 1230 g/mol. The molecule has 94 heavy (non-hydrogen) atoms. The average Bonchev–Trinajstić information content (AvgIpc) is 1.18. The van der Waals surface area contributed by atoms with Gasteiger partial charge in [-0.15, -0.1) is 0 Å². The lowest BCUT2D eigenvalue weighted by molar-refractivity contribution is -0.161. The number of phosphoric ester groups is 2. The minimum Gasteiger partial charge on any atom is -0.462 e. The minimum absolute atomic E-state index is 0.106. The summed E-state index contributed by atoms with van der Waals surface area (Å²) in [5, 5.41) is 10.6. The second kappa shape index (κ2) is 64.4. The van der Waals surface area contributed by atoms with Crippen LogP contribution in [0, 0.1) is 23.7 Å². The molecule has 3 N–H and O–H groups in total. The number of esters is 4. The fourth-order valence-corrected chi connectivity index (χ4v) is 13.0. The molecule has 0 fully saturated rings. The van der Waals surface area contributed by atoms with Crippen LogP contribution in [-0.2, 0) is 65.4 Å². The highest BCUT2D eigenvalue weighted by molar-refractivity contribution is 7.47. The highest BCUT2D eigenvalue weighted by atomic mass is 31.2. The Morgan fingerprint density at radius 1 is 0.266 bits per heavy atom. The van der Waals surface area contributed by atoms with E-state index in [-0.39, 0.29) is 25.7 Å². The van der Waals surface area contributed by atoms with Gasteiger partial charge in [0.15, 0.2) is 12.2 Å². The molecule has 5 atom stereocenters.